The predicted molar refractivity (Wildman–Crippen MR) is 56.3 cm³/mol. The quantitative estimate of drug-likeness (QED) is 0.806. The lowest BCUT2D eigenvalue weighted by Crippen LogP contribution is -2.25. The van der Waals surface area contributed by atoms with Crippen molar-refractivity contribution in [3.8, 4) is 0 Å². The van der Waals surface area contributed by atoms with E-state index in [1.807, 2.05) is 6.92 Å². The second kappa shape index (κ2) is 4.27. The van der Waals surface area contributed by atoms with Gasteiger partial charge in [-0.3, -0.25) is 4.90 Å². The summed E-state index contributed by atoms with van der Waals surface area (Å²) in [6, 6.07) is 3.14. The standard InChI is InChI=1S/C11H15NO4/c1-7(12-5-4-8(13)6-12)9-2-3-10(16-9)11(14)15/h2-3,7-8,13H,4-6H2,1H3,(H,14,15). The van der Waals surface area contributed by atoms with Crippen LogP contribution in [0.5, 0.6) is 0 Å². The van der Waals surface area contributed by atoms with E-state index in [-0.39, 0.29) is 17.9 Å². The molecule has 1 aromatic heterocycles. The van der Waals surface area contributed by atoms with Crippen LogP contribution in [-0.4, -0.2) is 40.3 Å². The lowest BCUT2D eigenvalue weighted by molar-refractivity contribution is 0.0656. The number of hydrogen-bond donors (Lipinski definition) is 2. The van der Waals surface area contributed by atoms with Crippen LogP contribution in [0, 0.1) is 0 Å². The smallest absolute Gasteiger partial charge is 0.371 e. The number of β-amino-alcohol motifs (C(OH)–C–C–N with tert-alkyl or cyclic N) is 1. The molecule has 1 aromatic rings. The zero-order valence-electron chi connectivity index (χ0n) is 9.09. The van der Waals surface area contributed by atoms with Gasteiger partial charge in [-0.2, -0.15) is 0 Å². The molecule has 2 heterocycles. The third-order valence-corrected chi connectivity index (χ3v) is 2.99. The van der Waals surface area contributed by atoms with E-state index in [1.54, 1.807) is 6.07 Å². The third-order valence-electron chi connectivity index (χ3n) is 2.99. The summed E-state index contributed by atoms with van der Waals surface area (Å²) < 4.78 is 5.23. The van der Waals surface area contributed by atoms with Gasteiger partial charge in [-0.05, 0) is 25.5 Å². The van der Waals surface area contributed by atoms with Crippen LogP contribution in [0.25, 0.3) is 0 Å². The van der Waals surface area contributed by atoms with Crippen LogP contribution in [0.1, 0.15) is 35.7 Å². The molecule has 2 N–H and O–H groups in total. The van der Waals surface area contributed by atoms with E-state index >= 15 is 0 Å². The Labute approximate surface area is 93.3 Å². The van der Waals surface area contributed by atoms with Crippen molar-refractivity contribution in [1.29, 1.82) is 0 Å². The van der Waals surface area contributed by atoms with Gasteiger partial charge in [0.1, 0.15) is 5.76 Å². The van der Waals surface area contributed by atoms with Crippen LogP contribution in [0.2, 0.25) is 0 Å². The minimum atomic E-state index is -1.06. The molecule has 5 heteroatoms. The molecule has 0 spiro atoms. The van der Waals surface area contributed by atoms with Crippen LogP contribution in [0.15, 0.2) is 16.5 Å². The molecule has 0 bridgehead atoms. The Morgan fingerprint density at radius 1 is 1.62 bits per heavy atom. The third kappa shape index (κ3) is 2.10. The monoisotopic (exact) mass is 225 g/mol. The van der Waals surface area contributed by atoms with Crippen molar-refractivity contribution in [2.24, 2.45) is 0 Å². The van der Waals surface area contributed by atoms with Crippen molar-refractivity contribution in [3.63, 3.8) is 0 Å². The predicted octanol–water partition coefficient (Wildman–Crippen LogP) is 1.11. The van der Waals surface area contributed by atoms with Crippen LogP contribution >= 0.6 is 0 Å². The molecule has 5 nitrogen and oxygen atoms in total. The van der Waals surface area contributed by atoms with E-state index in [1.165, 1.54) is 6.07 Å². The molecule has 0 aromatic carbocycles. The zero-order valence-corrected chi connectivity index (χ0v) is 9.09. The topological polar surface area (TPSA) is 73.9 Å². The Balaban J connectivity index is 2.08. The summed E-state index contributed by atoms with van der Waals surface area (Å²) in [6.45, 7) is 3.37. The van der Waals surface area contributed by atoms with Gasteiger partial charge in [-0.25, -0.2) is 4.79 Å². The average molecular weight is 225 g/mol. The first-order chi connectivity index (χ1) is 7.58. The van der Waals surface area contributed by atoms with Crippen molar-refractivity contribution in [3.05, 3.63) is 23.7 Å². The number of furan rings is 1. The molecule has 1 aliphatic heterocycles. The molecule has 1 saturated heterocycles. The minimum Gasteiger partial charge on any atom is -0.475 e. The second-order valence-corrected chi connectivity index (χ2v) is 4.12. The molecule has 16 heavy (non-hydrogen) atoms. The van der Waals surface area contributed by atoms with Gasteiger partial charge < -0.3 is 14.6 Å². The van der Waals surface area contributed by atoms with E-state index in [0.29, 0.717) is 12.3 Å². The second-order valence-electron chi connectivity index (χ2n) is 4.12. The highest BCUT2D eigenvalue weighted by Crippen LogP contribution is 2.26. The fraction of sp³-hybridized carbons (Fsp3) is 0.545. The van der Waals surface area contributed by atoms with Gasteiger partial charge in [0.15, 0.2) is 0 Å². The van der Waals surface area contributed by atoms with Gasteiger partial charge in [-0.1, -0.05) is 0 Å². The Morgan fingerprint density at radius 2 is 2.38 bits per heavy atom. The maximum Gasteiger partial charge on any atom is 0.371 e. The molecule has 0 saturated carbocycles. The summed E-state index contributed by atoms with van der Waals surface area (Å²) in [5.41, 5.74) is 0. The summed E-state index contributed by atoms with van der Waals surface area (Å²) in [5, 5.41) is 18.2. The van der Waals surface area contributed by atoms with Gasteiger partial charge in [0.2, 0.25) is 5.76 Å². The summed E-state index contributed by atoms with van der Waals surface area (Å²) in [6.07, 6.45) is 0.480. The molecular weight excluding hydrogens is 210 g/mol. The number of likely N-dealkylation sites (tertiary alicyclic amines) is 1. The van der Waals surface area contributed by atoms with Gasteiger partial charge in [0.25, 0.3) is 0 Å². The highest BCUT2D eigenvalue weighted by Gasteiger charge is 2.27. The van der Waals surface area contributed by atoms with E-state index in [9.17, 15) is 9.90 Å². The SMILES string of the molecule is CC(c1ccc(C(=O)O)o1)N1CCC(O)C1. The number of carbonyl (C=O) groups is 1. The van der Waals surface area contributed by atoms with Crippen LogP contribution in [0.3, 0.4) is 0 Å². The summed E-state index contributed by atoms with van der Waals surface area (Å²) in [7, 11) is 0. The first-order valence-corrected chi connectivity index (χ1v) is 5.33. The van der Waals surface area contributed by atoms with Gasteiger partial charge in [0, 0.05) is 13.1 Å². The Hall–Kier alpha value is -1.33. The van der Waals surface area contributed by atoms with Gasteiger partial charge >= 0.3 is 5.97 Å². The van der Waals surface area contributed by atoms with Gasteiger partial charge in [-0.15, -0.1) is 0 Å². The maximum absolute atomic E-state index is 10.7. The Kier molecular flexibility index (Phi) is 2.98. The molecule has 1 fully saturated rings. The van der Waals surface area contributed by atoms with Crippen molar-refractivity contribution < 1.29 is 19.4 Å². The molecule has 2 unspecified atom stereocenters. The summed E-state index contributed by atoms with van der Waals surface area (Å²) in [5.74, 6) is -0.465. The lowest BCUT2D eigenvalue weighted by Gasteiger charge is -2.21. The Morgan fingerprint density at radius 3 is 2.88 bits per heavy atom. The van der Waals surface area contributed by atoms with Crippen molar-refractivity contribution in [2.45, 2.75) is 25.5 Å². The highest BCUT2D eigenvalue weighted by molar-refractivity contribution is 5.84. The molecule has 2 rings (SSSR count). The summed E-state index contributed by atoms with van der Waals surface area (Å²) in [4.78, 5) is 12.7. The minimum absolute atomic E-state index is 0.00486. The van der Waals surface area contributed by atoms with Crippen molar-refractivity contribution >= 4 is 5.97 Å². The number of hydrogen-bond acceptors (Lipinski definition) is 4. The van der Waals surface area contributed by atoms with Crippen molar-refractivity contribution in [1.82, 2.24) is 4.90 Å². The first kappa shape index (κ1) is 11.2. The normalized spacial score (nSPS) is 23.5. The van der Waals surface area contributed by atoms with Crippen LogP contribution in [0.4, 0.5) is 0 Å². The molecule has 0 aliphatic carbocycles. The molecule has 1 aliphatic rings. The molecular formula is C11H15NO4. The number of rotatable bonds is 3. The zero-order chi connectivity index (χ0) is 11.7. The Bertz CT molecular complexity index is 387. The largest absolute Gasteiger partial charge is 0.475 e. The fourth-order valence-corrected chi connectivity index (χ4v) is 1.99. The van der Waals surface area contributed by atoms with E-state index < -0.39 is 5.97 Å². The first-order valence-electron chi connectivity index (χ1n) is 5.33. The summed E-state index contributed by atoms with van der Waals surface area (Å²) >= 11 is 0. The van der Waals surface area contributed by atoms with E-state index in [4.69, 9.17) is 9.52 Å². The number of aliphatic hydroxyl groups excluding tert-OH is 1. The van der Waals surface area contributed by atoms with E-state index in [0.717, 1.165) is 13.0 Å². The molecule has 88 valence electrons. The number of carboxylic acid groups (broad SMARTS) is 1. The highest BCUT2D eigenvalue weighted by atomic mass is 16.4. The molecule has 2 atom stereocenters. The molecule has 0 radical (unpaired) electrons. The average Bonchev–Trinajstić information content (AvgIpc) is 2.84. The van der Waals surface area contributed by atoms with Gasteiger partial charge in [0.05, 0.1) is 12.1 Å². The number of nitrogens with zero attached hydrogens (tertiary/aromatic N) is 1. The fourth-order valence-electron chi connectivity index (χ4n) is 1.99. The van der Waals surface area contributed by atoms with Crippen molar-refractivity contribution in [2.75, 3.05) is 13.1 Å². The van der Waals surface area contributed by atoms with E-state index in [2.05, 4.69) is 4.90 Å². The number of carboxylic acids is 1. The van der Waals surface area contributed by atoms with Crippen LogP contribution in [-0.2, 0) is 0 Å². The van der Waals surface area contributed by atoms with Crippen LogP contribution < -0.4 is 0 Å². The number of aliphatic hydroxyl groups is 1. The number of aromatic carboxylic acids is 1. The lowest BCUT2D eigenvalue weighted by atomic mass is 10.2. The molecule has 0 amide bonds. The maximum atomic E-state index is 10.7.